The van der Waals surface area contributed by atoms with Crippen molar-refractivity contribution in [1.82, 2.24) is 5.32 Å². The van der Waals surface area contributed by atoms with E-state index in [9.17, 15) is 4.79 Å². The van der Waals surface area contributed by atoms with Crippen LogP contribution in [0.25, 0.3) is 0 Å². The Hall–Kier alpha value is -2.13. The number of nitrogens with one attached hydrogen (secondary N) is 1. The summed E-state index contributed by atoms with van der Waals surface area (Å²) >= 11 is 5.13. The third-order valence-corrected chi connectivity index (χ3v) is 2.63. The molecule has 0 saturated heterocycles. The van der Waals surface area contributed by atoms with Crippen molar-refractivity contribution >= 4 is 29.1 Å². The average molecular weight is 291 g/mol. The van der Waals surface area contributed by atoms with Gasteiger partial charge in [-0.1, -0.05) is 0 Å². The lowest BCUT2D eigenvalue weighted by molar-refractivity contribution is 0.0604. The molecule has 0 aliphatic heterocycles. The number of nitriles is 1. The molecule has 0 atom stereocenters. The van der Waals surface area contributed by atoms with E-state index in [1.807, 2.05) is 6.07 Å². The summed E-state index contributed by atoms with van der Waals surface area (Å²) < 4.78 is 5.33. The minimum absolute atomic E-state index is 0.226. The van der Waals surface area contributed by atoms with Crippen LogP contribution in [0.15, 0.2) is 24.3 Å². The summed E-state index contributed by atoms with van der Waals surface area (Å²) in [7, 11) is 1.63. The minimum atomic E-state index is -0.620. The molecule has 1 rings (SSSR count). The Balaban J connectivity index is 3.09. The molecule has 0 spiro atoms. The largest absolute Gasteiger partial charge is 0.443 e. The van der Waals surface area contributed by atoms with Gasteiger partial charge in [0.25, 0.3) is 0 Å². The Morgan fingerprint density at radius 2 is 1.90 bits per heavy atom. The van der Waals surface area contributed by atoms with E-state index in [0.717, 1.165) is 0 Å². The highest BCUT2D eigenvalue weighted by molar-refractivity contribution is 7.80. The number of ether oxygens (including phenoxy) is 1. The zero-order valence-corrected chi connectivity index (χ0v) is 12.7. The highest BCUT2D eigenvalue weighted by atomic mass is 32.1. The molecule has 106 valence electrons. The summed E-state index contributed by atoms with van der Waals surface area (Å²) in [5.74, 6) is 0. The molecule has 1 N–H and O–H groups in total. The molecule has 0 unspecified atom stereocenters. The van der Waals surface area contributed by atoms with E-state index >= 15 is 0 Å². The normalized spacial score (nSPS) is 10.3. The van der Waals surface area contributed by atoms with Gasteiger partial charge in [-0.3, -0.25) is 0 Å². The SMILES string of the molecule is CNC(=S)N(C(=O)OC(C)(C)C)c1ccc(C#N)cc1. The topological polar surface area (TPSA) is 65.4 Å². The number of benzene rings is 1. The molecule has 1 amide bonds. The van der Waals surface area contributed by atoms with Gasteiger partial charge in [0.05, 0.1) is 17.3 Å². The van der Waals surface area contributed by atoms with Gasteiger partial charge in [-0.25, -0.2) is 9.69 Å². The van der Waals surface area contributed by atoms with Gasteiger partial charge >= 0.3 is 6.09 Å². The van der Waals surface area contributed by atoms with E-state index in [4.69, 9.17) is 22.2 Å². The molecule has 20 heavy (non-hydrogen) atoms. The van der Waals surface area contributed by atoms with Gasteiger partial charge in [0.15, 0.2) is 5.11 Å². The predicted molar refractivity (Wildman–Crippen MR) is 81.5 cm³/mol. The quantitative estimate of drug-likeness (QED) is 0.806. The van der Waals surface area contributed by atoms with Crippen molar-refractivity contribution in [3.8, 4) is 6.07 Å². The molecular formula is C14H17N3O2S. The standard InChI is InChI=1S/C14H17N3O2S/c1-14(2,3)19-13(18)17(12(20)16-4)11-7-5-10(9-15)6-8-11/h5-8H,1-4H3,(H,16,20). The van der Waals surface area contributed by atoms with Crippen molar-refractivity contribution in [2.24, 2.45) is 0 Å². The monoisotopic (exact) mass is 291 g/mol. The van der Waals surface area contributed by atoms with E-state index in [2.05, 4.69) is 5.32 Å². The zero-order valence-electron chi connectivity index (χ0n) is 11.9. The van der Waals surface area contributed by atoms with E-state index in [0.29, 0.717) is 11.3 Å². The van der Waals surface area contributed by atoms with Crippen LogP contribution in [0.1, 0.15) is 26.3 Å². The van der Waals surface area contributed by atoms with Gasteiger partial charge in [0.2, 0.25) is 0 Å². The Morgan fingerprint density at radius 3 is 2.30 bits per heavy atom. The maximum absolute atomic E-state index is 12.2. The number of carbonyl (C=O) groups excluding carboxylic acids is 1. The number of amides is 1. The molecule has 0 aromatic heterocycles. The first-order valence-corrected chi connectivity index (χ1v) is 6.44. The molecule has 0 aliphatic carbocycles. The van der Waals surface area contributed by atoms with Gasteiger partial charge < -0.3 is 10.1 Å². The molecular weight excluding hydrogens is 274 g/mol. The van der Waals surface area contributed by atoms with Crippen LogP contribution in [0.2, 0.25) is 0 Å². The first-order valence-electron chi connectivity index (χ1n) is 6.03. The molecule has 0 aliphatic rings. The minimum Gasteiger partial charge on any atom is -0.443 e. The van der Waals surface area contributed by atoms with Crippen LogP contribution in [0.5, 0.6) is 0 Å². The van der Waals surface area contributed by atoms with Crippen molar-refractivity contribution in [3.63, 3.8) is 0 Å². The fourth-order valence-corrected chi connectivity index (χ4v) is 1.59. The van der Waals surface area contributed by atoms with E-state index in [1.54, 1.807) is 52.1 Å². The molecule has 1 aromatic carbocycles. The summed E-state index contributed by atoms with van der Waals surface area (Å²) in [6.45, 7) is 5.35. The van der Waals surface area contributed by atoms with Gasteiger partial charge in [-0.05, 0) is 57.3 Å². The molecule has 0 bridgehead atoms. The lowest BCUT2D eigenvalue weighted by atomic mass is 10.2. The molecule has 0 heterocycles. The lowest BCUT2D eigenvalue weighted by Gasteiger charge is -2.27. The van der Waals surface area contributed by atoms with Crippen LogP contribution in [-0.4, -0.2) is 23.9 Å². The Labute approximate surface area is 124 Å². The number of nitrogens with zero attached hydrogens (tertiary/aromatic N) is 2. The number of anilines is 1. The number of hydrogen-bond donors (Lipinski definition) is 1. The first-order chi connectivity index (χ1) is 9.28. The summed E-state index contributed by atoms with van der Waals surface area (Å²) in [5.41, 5.74) is 0.427. The Kier molecular flexibility index (Phi) is 5.06. The van der Waals surface area contributed by atoms with Gasteiger partial charge in [0.1, 0.15) is 5.60 Å². The molecule has 0 saturated carbocycles. The highest BCUT2D eigenvalue weighted by Gasteiger charge is 2.26. The fraction of sp³-hybridized carbons (Fsp3) is 0.357. The second-order valence-electron chi connectivity index (χ2n) is 5.03. The zero-order chi connectivity index (χ0) is 15.3. The van der Waals surface area contributed by atoms with E-state index < -0.39 is 11.7 Å². The molecule has 6 heteroatoms. The van der Waals surface area contributed by atoms with Crippen molar-refractivity contribution in [2.45, 2.75) is 26.4 Å². The van der Waals surface area contributed by atoms with Crippen molar-refractivity contribution in [1.29, 1.82) is 5.26 Å². The van der Waals surface area contributed by atoms with Gasteiger partial charge in [-0.2, -0.15) is 5.26 Å². The summed E-state index contributed by atoms with van der Waals surface area (Å²) in [4.78, 5) is 13.5. The maximum atomic E-state index is 12.2. The second kappa shape index (κ2) is 6.35. The van der Waals surface area contributed by atoms with Crippen LogP contribution < -0.4 is 10.2 Å². The average Bonchev–Trinajstić information content (AvgIpc) is 2.37. The lowest BCUT2D eigenvalue weighted by Crippen LogP contribution is -2.45. The third kappa shape index (κ3) is 4.21. The fourth-order valence-electron chi connectivity index (χ4n) is 1.41. The molecule has 0 fully saturated rings. The van der Waals surface area contributed by atoms with Crippen molar-refractivity contribution < 1.29 is 9.53 Å². The summed E-state index contributed by atoms with van der Waals surface area (Å²) in [5, 5.41) is 11.8. The molecule has 5 nitrogen and oxygen atoms in total. The molecule has 0 radical (unpaired) electrons. The smallest absolute Gasteiger partial charge is 0.421 e. The summed E-state index contributed by atoms with van der Waals surface area (Å²) in [6.07, 6.45) is -0.568. The van der Waals surface area contributed by atoms with Crippen molar-refractivity contribution in [3.05, 3.63) is 29.8 Å². The first kappa shape index (κ1) is 15.9. The second-order valence-corrected chi connectivity index (χ2v) is 5.42. The van der Waals surface area contributed by atoms with E-state index in [-0.39, 0.29) is 5.11 Å². The predicted octanol–water partition coefficient (Wildman–Crippen LogP) is 2.80. The number of hydrogen-bond acceptors (Lipinski definition) is 4. The van der Waals surface area contributed by atoms with E-state index in [1.165, 1.54) is 4.90 Å². The van der Waals surface area contributed by atoms with Gasteiger partial charge in [0, 0.05) is 7.05 Å². The third-order valence-electron chi connectivity index (χ3n) is 2.25. The van der Waals surface area contributed by atoms with Gasteiger partial charge in [-0.15, -0.1) is 0 Å². The van der Waals surface area contributed by atoms with Crippen LogP contribution in [0, 0.1) is 11.3 Å². The number of thiocarbonyl (C=S) groups is 1. The number of rotatable bonds is 1. The Bertz CT molecular complexity index is 541. The molecule has 1 aromatic rings. The van der Waals surface area contributed by atoms with Crippen LogP contribution >= 0.6 is 12.2 Å². The Morgan fingerprint density at radius 1 is 1.35 bits per heavy atom. The summed E-state index contributed by atoms with van der Waals surface area (Å²) in [6, 6.07) is 8.54. The van der Waals surface area contributed by atoms with Crippen molar-refractivity contribution in [2.75, 3.05) is 11.9 Å². The van der Waals surface area contributed by atoms with Crippen LogP contribution in [-0.2, 0) is 4.74 Å². The highest BCUT2D eigenvalue weighted by Crippen LogP contribution is 2.19. The number of carbonyl (C=O) groups is 1. The maximum Gasteiger partial charge on any atom is 0.421 e. The van der Waals surface area contributed by atoms with Crippen LogP contribution in [0.3, 0.4) is 0 Å². The van der Waals surface area contributed by atoms with Crippen LogP contribution in [0.4, 0.5) is 10.5 Å².